The average Bonchev–Trinajstić information content (AvgIpc) is 3.12. The van der Waals surface area contributed by atoms with Crippen molar-refractivity contribution in [1.82, 2.24) is 23.6 Å². The molecule has 0 fully saturated rings. The Balaban J connectivity index is 1.73. The van der Waals surface area contributed by atoms with E-state index in [0.29, 0.717) is 11.1 Å². The van der Waals surface area contributed by atoms with Gasteiger partial charge in [0.05, 0.1) is 11.1 Å². The lowest BCUT2D eigenvalue weighted by molar-refractivity contribution is 0.0649. The second-order valence-corrected chi connectivity index (χ2v) is 6.56. The van der Waals surface area contributed by atoms with Crippen LogP contribution in [0.1, 0.15) is 20.7 Å². The highest BCUT2D eigenvalue weighted by atomic mass is 35.5. The molecule has 1 aliphatic heterocycles. The largest absolute Gasteiger partial charge is 0.332 e. The molecule has 0 aliphatic carbocycles. The zero-order valence-electron chi connectivity index (χ0n) is 14.5. The van der Waals surface area contributed by atoms with E-state index in [2.05, 4.69) is 4.98 Å². The standard InChI is InChI=1S/C17H14ClN5O4/c1-20-12-11(15(26)21(2)17(20)27)22(16(18)19-12)7-8-23-13(24)9-5-3-4-6-10(9)14(23)25/h3-6H,7-8H2,1-2H3. The third-order valence-electron chi connectivity index (χ3n) is 4.73. The van der Waals surface area contributed by atoms with Crippen LogP contribution in [0.4, 0.5) is 0 Å². The van der Waals surface area contributed by atoms with Crippen molar-refractivity contribution in [3.63, 3.8) is 0 Å². The van der Waals surface area contributed by atoms with Gasteiger partial charge in [0.15, 0.2) is 11.2 Å². The first kappa shape index (κ1) is 17.2. The summed E-state index contributed by atoms with van der Waals surface area (Å²) in [7, 11) is 2.85. The zero-order chi connectivity index (χ0) is 19.5. The van der Waals surface area contributed by atoms with Gasteiger partial charge in [-0.15, -0.1) is 0 Å². The quantitative estimate of drug-likeness (QED) is 0.478. The van der Waals surface area contributed by atoms with Crippen LogP contribution < -0.4 is 11.2 Å². The predicted molar refractivity (Wildman–Crippen MR) is 97.0 cm³/mol. The minimum absolute atomic E-state index is 0.0000842. The number of carbonyl (C=O) groups is 2. The van der Waals surface area contributed by atoms with Crippen LogP contribution in [0, 0.1) is 0 Å². The number of rotatable bonds is 3. The summed E-state index contributed by atoms with van der Waals surface area (Å²) in [6.45, 7) is 0.0950. The van der Waals surface area contributed by atoms with Crippen LogP contribution in [0.2, 0.25) is 5.28 Å². The summed E-state index contributed by atoms with van der Waals surface area (Å²) >= 11 is 6.16. The molecule has 1 aliphatic rings. The number of aromatic nitrogens is 4. The molecule has 0 saturated carbocycles. The van der Waals surface area contributed by atoms with Gasteiger partial charge >= 0.3 is 5.69 Å². The summed E-state index contributed by atoms with van der Waals surface area (Å²) in [4.78, 5) is 54.7. The Morgan fingerprint density at radius 1 is 0.926 bits per heavy atom. The van der Waals surface area contributed by atoms with Gasteiger partial charge < -0.3 is 4.57 Å². The van der Waals surface area contributed by atoms with Gasteiger partial charge in [0, 0.05) is 27.2 Å². The molecule has 4 rings (SSSR count). The van der Waals surface area contributed by atoms with Crippen LogP contribution in [-0.2, 0) is 20.6 Å². The highest BCUT2D eigenvalue weighted by molar-refractivity contribution is 6.29. The number of hydrogen-bond acceptors (Lipinski definition) is 5. The van der Waals surface area contributed by atoms with Gasteiger partial charge in [-0.05, 0) is 23.7 Å². The number of imidazole rings is 1. The van der Waals surface area contributed by atoms with E-state index in [0.717, 1.165) is 9.47 Å². The Morgan fingerprint density at radius 2 is 1.52 bits per heavy atom. The molecule has 0 spiro atoms. The molecule has 0 atom stereocenters. The van der Waals surface area contributed by atoms with Crippen molar-refractivity contribution in [2.45, 2.75) is 6.54 Å². The predicted octanol–water partition coefficient (Wildman–Crippen LogP) is 0.383. The first-order valence-electron chi connectivity index (χ1n) is 8.10. The third kappa shape index (κ3) is 2.35. The van der Waals surface area contributed by atoms with Crippen LogP contribution in [0.5, 0.6) is 0 Å². The Kier molecular flexibility index (Phi) is 3.77. The Hall–Kier alpha value is -3.20. The number of carbonyl (C=O) groups excluding carboxylic acids is 2. The summed E-state index contributed by atoms with van der Waals surface area (Å²) < 4.78 is 3.59. The SMILES string of the molecule is Cn1c(=O)c2c(nc(Cl)n2CCN2C(=O)c3ccccc3C2=O)n(C)c1=O. The molecule has 3 aromatic rings. The molecule has 138 valence electrons. The lowest BCUT2D eigenvalue weighted by Crippen LogP contribution is -2.38. The van der Waals surface area contributed by atoms with Gasteiger partial charge in [0.1, 0.15) is 0 Å². The van der Waals surface area contributed by atoms with Crippen molar-refractivity contribution in [2.75, 3.05) is 6.54 Å². The normalized spacial score (nSPS) is 13.7. The van der Waals surface area contributed by atoms with E-state index in [4.69, 9.17) is 11.6 Å². The van der Waals surface area contributed by atoms with Crippen LogP contribution in [0.3, 0.4) is 0 Å². The number of nitrogens with zero attached hydrogens (tertiary/aromatic N) is 5. The number of amides is 2. The maximum atomic E-state index is 12.5. The highest BCUT2D eigenvalue weighted by Gasteiger charge is 2.35. The molecule has 10 heteroatoms. The van der Waals surface area contributed by atoms with Gasteiger partial charge in [-0.1, -0.05) is 12.1 Å². The van der Waals surface area contributed by atoms with Gasteiger partial charge in [-0.25, -0.2) is 4.79 Å². The number of benzene rings is 1. The topological polar surface area (TPSA) is 99.2 Å². The minimum Gasteiger partial charge on any atom is -0.307 e. The van der Waals surface area contributed by atoms with Crippen molar-refractivity contribution in [3.05, 3.63) is 61.5 Å². The fourth-order valence-corrected chi connectivity index (χ4v) is 3.52. The van der Waals surface area contributed by atoms with Gasteiger partial charge in [0.2, 0.25) is 5.28 Å². The molecular formula is C17H14ClN5O4. The first-order chi connectivity index (χ1) is 12.8. The van der Waals surface area contributed by atoms with Crippen molar-refractivity contribution in [3.8, 4) is 0 Å². The molecule has 2 amide bonds. The Bertz CT molecular complexity index is 1220. The van der Waals surface area contributed by atoms with Crippen molar-refractivity contribution < 1.29 is 9.59 Å². The van der Waals surface area contributed by atoms with Crippen molar-refractivity contribution >= 4 is 34.6 Å². The zero-order valence-corrected chi connectivity index (χ0v) is 15.2. The maximum Gasteiger partial charge on any atom is 0.332 e. The van der Waals surface area contributed by atoms with E-state index in [-0.39, 0.29) is 29.5 Å². The van der Waals surface area contributed by atoms with Crippen LogP contribution in [0.25, 0.3) is 11.2 Å². The molecule has 3 heterocycles. The fraction of sp³-hybridized carbons (Fsp3) is 0.235. The lowest BCUT2D eigenvalue weighted by atomic mass is 10.1. The number of hydrogen-bond donors (Lipinski definition) is 0. The van der Waals surface area contributed by atoms with E-state index in [9.17, 15) is 19.2 Å². The second kappa shape index (κ2) is 5.92. The van der Waals surface area contributed by atoms with Crippen LogP contribution in [0.15, 0.2) is 33.9 Å². The molecule has 0 radical (unpaired) electrons. The van der Waals surface area contributed by atoms with Gasteiger partial charge in [-0.3, -0.25) is 28.4 Å². The number of halogens is 1. The number of imide groups is 1. The molecule has 1 aromatic carbocycles. The summed E-state index contributed by atoms with van der Waals surface area (Å²) in [6, 6.07) is 6.58. The van der Waals surface area contributed by atoms with E-state index >= 15 is 0 Å². The molecule has 9 nitrogen and oxygen atoms in total. The summed E-state index contributed by atoms with van der Waals surface area (Å²) in [5, 5.41) is -0.0000842. The van der Waals surface area contributed by atoms with Crippen LogP contribution >= 0.6 is 11.6 Å². The number of fused-ring (bicyclic) bond motifs is 2. The van der Waals surface area contributed by atoms with E-state index < -0.39 is 23.1 Å². The summed E-state index contributed by atoms with van der Waals surface area (Å²) in [5.41, 5.74) is -0.0783. The maximum absolute atomic E-state index is 12.5. The molecule has 0 N–H and O–H groups in total. The second-order valence-electron chi connectivity index (χ2n) is 6.22. The smallest absolute Gasteiger partial charge is 0.307 e. The van der Waals surface area contributed by atoms with E-state index in [1.165, 1.54) is 23.2 Å². The molecule has 2 aromatic heterocycles. The van der Waals surface area contributed by atoms with Crippen molar-refractivity contribution in [1.29, 1.82) is 0 Å². The molecular weight excluding hydrogens is 374 g/mol. The molecule has 27 heavy (non-hydrogen) atoms. The highest BCUT2D eigenvalue weighted by Crippen LogP contribution is 2.23. The van der Waals surface area contributed by atoms with E-state index in [1.54, 1.807) is 24.3 Å². The summed E-state index contributed by atoms with van der Waals surface area (Å²) in [5.74, 6) is -0.784. The third-order valence-corrected chi connectivity index (χ3v) is 5.02. The van der Waals surface area contributed by atoms with E-state index in [1.807, 2.05) is 0 Å². The lowest BCUT2D eigenvalue weighted by Gasteiger charge is -2.15. The minimum atomic E-state index is -0.546. The molecule has 0 unspecified atom stereocenters. The van der Waals surface area contributed by atoms with Gasteiger partial charge in [0.25, 0.3) is 17.4 Å². The Labute approximate surface area is 157 Å². The van der Waals surface area contributed by atoms with Crippen molar-refractivity contribution in [2.24, 2.45) is 14.1 Å². The van der Waals surface area contributed by atoms with Gasteiger partial charge in [-0.2, -0.15) is 4.98 Å². The number of aryl methyl sites for hydroxylation is 1. The summed E-state index contributed by atoms with van der Waals surface area (Å²) in [6.07, 6.45) is 0. The average molecular weight is 388 g/mol. The monoisotopic (exact) mass is 387 g/mol. The Morgan fingerprint density at radius 3 is 2.11 bits per heavy atom. The fourth-order valence-electron chi connectivity index (χ4n) is 3.27. The molecule has 0 bridgehead atoms. The van der Waals surface area contributed by atoms with Crippen LogP contribution in [-0.4, -0.2) is 41.9 Å². The molecule has 0 saturated heterocycles. The first-order valence-corrected chi connectivity index (χ1v) is 8.47.